The number of aliphatic hydroxyl groups excluding tert-OH is 1. The molecule has 9 atom stereocenters. The first-order chi connectivity index (χ1) is 47.2. The molecule has 0 spiro atoms. The van der Waals surface area contributed by atoms with Crippen LogP contribution in [0.25, 0.3) is 10.9 Å². The molecular formula is C61H88N16O14. The van der Waals surface area contributed by atoms with Crippen molar-refractivity contribution in [3.05, 3.63) is 84.1 Å². The number of aromatic hydroxyl groups is 1. The molecule has 10 amide bonds. The minimum atomic E-state index is -4.53. The number of aliphatic hydroxyl groups is 1. The van der Waals surface area contributed by atoms with Gasteiger partial charge in [0.25, 0.3) is 5.97 Å². The molecule has 2 fully saturated rings. The van der Waals surface area contributed by atoms with Crippen molar-refractivity contribution in [1.82, 2.24) is 67.7 Å². The number of guanidine groups is 1. The summed E-state index contributed by atoms with van der Waals surface area (Å²) in [6.07, 6.45) is -1.58. The zero-order valence-corrected chi connectivity index (χ0v) is 50.8. The van der Waals surface area contributed by atoms with Crippen LogP contribution in [-0.2, 0) is 72.0 Å². The zero-order valence-electron chi connectivity index (χ0n) is 60.8. The number of phenolic OH excluding ortho intramolecular Hbond substituents is 1. The number of aromatic amines is 2. The Bertz CT molecular complexity index is 3600. The van der Waals surface area contributed by atoms with Gasteiger partial charge < -0.3 is 89.5 Å². The quantitative estimate of drug-likeness (QED) is 0.0153. The number of aromatic nitrogens is 3. The molecule has 2 aromatic carbocycles. The van der Waals surface area contributed by atoms with Crippen LogP contribution in [0.15, 0.2) is 72.2 Å². The van der Waals surface area contributed by atoms with Crippen LogP contribution in [0.2, 0.25) is 0 Å². The van der Waals surface area contributed by atoms with Gasteiger partial charge >= 0.3 is 0 Å². The first-order valence-corrected chi connectivity index (χ1v) is 29.4. The number of amides is 10. The van der Waals surface area contributed by atoms with Crippen LogP contribution in [0.1, 0.15) is 123 Å². The molecule has 2 aromatic heterocycles. The molecule has 2 aliphatic heterocycles. The third kappa shape index (κ3) is 23.1. The molecule has 0 saturated carbocycles. The van der Waals surface area contributed by atoms with Gasteiger partial charge in [0.1, 0.15) is 60.1 Å². The van der Waals surface area contributed by atoms with Gasteiger partial charge in [-0.25, -0.2) is 4.98 Å². The number of H-pyrrole nitrogens is 2. The third-order valence-corrected chi connectivity index (χ3v) is 14.3. The van der Waals surface area contributed by atoms with Crippen molar-refractivity contribution >= 4 is 81.9 Å². The number of carbonyl (C=O) groups excluding carboxylic acids is 10. The molecule has 30 heteroatoms. The number of fused-ring (bicyclic) bond motifs is 1. The molecule has 91 heavy (non-hydrogen) atoms. The number of phenols is 1. The molecule has 6 rings (SSSR count). The van der Waals surface area contributed by atoms with E-state index in [-0.39, 0.29) is 81.3 Å². The van der Waals surface area contributed by atoms with Crippen LogP contribution in [-0.4, -0.2) is 187 Å². The lowest BCUT2D eigenvalue weighted by Crippen LogP contribution is -2.61. The summed E-state index contributed by atoms with van der Waals surface area (Å²) < 4.78 is 86.6. The fourth-order valence-electron chi connectivity index (χ4n) is 9.97. The number of carbonyl (C=O) groups is 11. The van der Waals surface area contributed by atoms with Gasteiger partial charge in [-0.15, -0.1) is 0 Å². The second-order valence-electron chi connectivity index (χ2n) is 21.9. The van der Waals surface area contributed by atoms with E-state index in [1.807, 2.05) is 0 Å². The Balaban J connectivity index is 0.00000447. The smallest absolute Gasteiger partial charge is 0.300 e. The number of hydrogen-bond donors (Lipinski definition) is 16. The summed E-state index contributed by atoms with van der Waals surface area (Å²) in [5.41, 5.74) is 12.7. The van der Waals surface area contributed by atoms with E-state index in [1.165, 1.54) is 50.6 Å². The summed E-state index contributed by atoms with van der Waals surface area (Å²) in [7, 11) is 0. The molecule has 0 aliphatic carbocycles. The number of nitrogens with two attached hydrogens (primary N) is 2. The Labute approximate surface area is 540 Å². The van der Waals surface area contributed by atoms with E-state index in [2.05, 4.69) is 62.5 Å². The zero-order chi connectivity index (χ0) is 75.5. The lowest BCUT2D eigenvalue weighted by molar-refractivity contribution is -0.142. The van der Waals surface area contributed by atoms with E-state index in [4.69, 9.17) is 31.0 Å². The van der Waals surface area contributed by atoms with E-state index < -0.39 is 171 Å². The van der Waals surface area contributed by atoms with E-state index in [9.17, 15) is 52.7 Å². The summed E-state index contributed by atoms with van der Waals surface area (Å²) in [5, 5.41) is 50.7. The number of likely N-dealkylation sites (N-methyl/N-ethyl adjacent to an activating group) is 1. The molecule has 4 aromatic rings. The molecule has 0 unspecified atom stereocenters. The van der Waals surface area contributed by atoms with Crippen molar-refractivity contribution in [2.75, 3.05) is 26.2 Å². The van der Waals surface area contributed by atoms with Crippen molar-refractivity contribution in [1.29, 1.82) is 0 Å². The normalized spacial score (nSPS) is 19.2. The van der Waals surface area contributed by atoms with Gasteiger partial charge in [-0.05, 0) is 93.0 Å². The third-order valence-electron chi connectivity index (χ3n) is 14.3. The van der Waals surface area contributed by atoms with E-state index in [1.54, 1.807) is 42.7 Å². The van der Waals surface area contributed by atoms with Gasteiger partial charge in [-0.2, -0.15) is 0 Å². The molecular weight excluding hydrogens is 1180 g/mol. The van der Waals surface area contributed by atoms with E-state index >= 15 is 9.59 Å². The van der Waals surface area contributed by atoms with Crippen LogP contribution in [0, 0.1) is 11.8 Å². The highest BCUT2D eigenvalue weighted by Gasteiger charge is 2.40. The number of para-hydroxylation sites is 1. The molecule has 2 aliphatic rings. The van der Waals surface area contributed by atoms with E-state index in [0.29, 0.717) is 28.6 Å². The van der Waals surface area contributed by atoms with Gasteiger partial charge in [0.2, 0.25) is 59.1 Å². The molecule has 0 radical (unpaired) electrons. The highest BCUT2D eigenvalue weighted by atomic mass is 16.4. The molecule has 4 heterocycles. The van der Waals surface area contributed by atoms with Crippen LogP contribution < -0.4 is 59.3 Å². The summed E-state index contributed by atoms with van der Waals surface area (Å²) >= 11 is 0. The lowest BCUT2D eigenvalue weighted by Gasteiger charge is -2.31. The second kappa shape index (κ2) is 35.5. The Morgan fingerprint density at radius 3 is 2.01 bits per heavy atom. The number of carboxylic acids is 1. The average molecular weight is 1280 g/mol. The second-order valence-corrected chi connectivity index (χ2v) is 21.9. The first-order valence-electron chi connectivity index (χ1n) is 34.4. The number of likely N-dealkylation sites (tertiary alicyclic amines) is 1. The van der Waals surface area contributed by atoms with Gasteiger partial charge in [-0.1, -0.05) is 57.9 Å². The molecule has 2 saturated heterocycles. The standard InChI is InChI=1S/C59H84N16O12.C2H4O2/c1-6-63-57(86)48-14-10-22-75(48)58(87)41(13-9-21-64-59(60)61)68-51(80)42(23-32(2)3)69-52(81)43(24-33(4)5)70-53(82)44(25-34-15-17-37(77)18-16-34)71-56(85)47(30-76)74-54(83)45(26-35-28-65-39-12-8-7-11-38(35)39)72-55(84)46(27-36-29-62-31-66-36)73-50(79)40-19-20-49(78)67-40;1-2(3)4/h7-8,11-12,15-18,28-29,31-33,40-48,65,76-77H,6,9-10,13-14,19-27,30H2,1-5H3,(H,62,66)(H,63,86)(H,67,78)(H,68,80)(H,69,81)(H,70,82)(H,71,85)(H,72,84)(H,73,79)(H,74,83)(H4,60,61,64);1H3,(H,3,4)/t40-,41-,42+,43+,44-,45-,46-,47-,48-;/m0./s1/i2D3,3D3,23D2,32D,42D;. The number of rotatable bonds is 32. The lowest BCUT2D eigenvalue weighted by atomic mass is 9.98. The maximum absolute atomic E-state index is 15.1. The SMILES string of the molecule is CC(=O)O.[2H]C([2H])([2H])C([2H])(C([2H])([2H])[2H])C([2H])([2H])[C@@]([2H])(NC(=O)[C@@H](CC(C)C)NC(=O)[C@H](Cc1ccc(O)cc1)NC(=O)[C@H](CO)NC(=O)[C@H](Cc1c[nH]c2ccccc12)NC(=O)[C@H](Cc1cnc[nH]1)NC(=O)[C@@H]1CCC(=O)N1)C(=O)N[C@@H](CCCN=C(N)N)C(=O)N1CCC[C@H]1C(=O)NCC. The maximum atomic E-state index is 15.1. The number of carboxylic acid groups (broad SMARTS) is 1. The summed E-state index contributed by atoms with van der Waals surface area (Å²) in [6, 6.07) is -4.93. The van der Waals surface area contributed by atoms with Gasteiger partial charge in [0, 0.05) is 93.6 Å². The number of nitrogens with one attached hydrogen (secondary N) is 11. The van der Waals surface area contributed by atoms with Gasteiger partial charge in [0.05, 0.1) is 14.3 Å². The average Bonchev–Trinajstić information content (AvgIpc) is 1.19. The van der Waals surface area contributed by atoms with Crippen LogP contribution in [0.5, 0.6) is 5.75 Å². The number of benzene rings is 2. The van der Waals surface area contributed by atoms with E-state index in [0.717, 1.165) is 11.8 Å². The largest absolute Gasteiger partial charge is 0.508 e. The molecule has 30 nitrogen and oxygen atoms in total. The predicted molar refractivity (Wildman–Crippen MR) is 333 cm³/mol. The molecule has 496 valence electrons. The van der Waals surface area contributed by atoms with Crippen molar-refractivity contribution in [2.45, 2.75) is 166 Å². The Morgan fingerprint density at radius 1 is 0.791 bits per heavy atom. The Hall–Kier alpha value is -9.61. The maximum Gasteiger partial charge on any atom is 0.300 e. The highest BCUT2D eigenvalue weighted by Crippen LogP contribution is 2.22. The van der Waals surface area contributed by atoms with Gasteiger partial charge in [-0.3, -0.25) is 57.7 Å². The molecule has 18 N–H and O–H groups in total. The van der Waals surface area contributed by atoms with Crippen LogP contribution >= 0.6 is 0 Å². The summed E-state index contributed by atoms with van der Waals surface area (Å²) in [6.45, 7) is -3.93. The fourth-order valence-corrected chi connectivity index (χ4v) is 9.97. The summed E-state index contributed by atoms with van der Waals surface area (Å²) in [5.74, 6) is -17.4. The monoisotopic (exact) mass is 1280 g/mol. The number of aliphatic carboxylic acids is 1. The minimum Gasteiger partial charge on any atom is -0.508 e. The first kappa shape index (κ1) is 57.8. The fraction of sp³-hybridized carbons (Fsp3) is 0.525. The number of nitrogens with zero attached hydrogens (tertiary/aromatic N) is 3. The van der Waals surface area contributed by atoms with Gasteiger partial charge in [0.15, 0.2) is 5.96 Å². The Morgan fingerprint density at radius 2 is 1.41 bits per heavy atom. The topological polar surface area (TPSA) is 469 Å². The van der Waals surface area contributed by atoms with Crippen molar-refractivity contribution in [3.8, 4) is 5.75 Å². The van der Waals surface area contributed by atoms with Crippen LogP contribution in [0.3, 0.4) is 0 Å². The predicted octanol–water partition coefficient (Wildman–Crippen LogP) is -1.35. The molecule has 0 bridgehead atoms. The number of hydrogen-bond acceptors (Lipinski definition) is 15. The summed E-state index contributed by atoms with van der Waals surface area (Å²) in [4.78, 5) is 166. The Kier molecular flexibility index (Phi) is 22.6. The highest BCUT2D eigenvalue weighted by molar-refractivity contribution is 5.99. The number of aliphatic imine (C=N–C) groups is 1. The van der Waals surface area contributed by atoms with Crippen molar-refractivity contribution in [2.24, 2.45) is 28.3 Å². The van der Waals surface area contributed by atoms with Crippen LogP contribution in [0.4, 0.5) is 0 Å². The van der Waals surface area contributed by atoms with Crippen molar-refractivity contribution < 1.29 is 81.8 Å². The minimum absolute atomic E-state index is 0.0475. The van der Waals surface area contributed by atoms with Crippen molar-refractivity contribution in [3.63, 3.8) is 0 Å². The number of imidazole rings is 1.